The molecule has 2 N–H and O–H groups in total. The van der Waals surface area contributed by atoms with Crippen LogP contribution in [0.1, 0.15) is 35.5 Å². The molecule has 1 aliphatic heterocycles. The van der Waals surface area contributed by atoms with Gasteiger partial charge in [-0.15, -0.1) is 5.10 Å². The number of aromatic nitrogens is 5. The molecule has 9 nitrogen and oxygen atoms in total. The van der Waals surface area contributed by atoms with Gasteiger partial charge in [-0.2, -0.15) is 0 Å². The van der Waals surface area contributed by atoms with Crippen molar-refractivity contribution in [2.75, 3.05) is 6.61 Å². The Morgan fingerprint density at radius 1 is 1.25 bits per heavy atom. The number of benzene rings is 1. The van der Waals surface area contributed by atoms with E-state index in [4.69, 9.17) is 4.74 Å². The molecule has 1 unspecified atom stereocenters. The summed E-state index contributed by atoms with van der Waals surface area (Å²) in [5.41, 5.74) is 1.39. The zero-order valence-corrected chi connectivity index (χ0v) is 15.4. The Kier molecular flexibility index (Phi) is 4.93. The molecular formula is C19H21N5O4. The highest BCUT2D eigenvalue weighted by molar-refractivity contribution is 5.20. The van der Waals surface area contributed by atoms with E-state index in [2.05, 4.69) is 15.3 Å². The molecule has 0 amide bonds. The Hall–Kier alpha value is -3.04. The minimum Gasteiger partial charge on any atom is -0.394 e. The third-order valence-electron chi connectivity index (χ3n) is 4.97. The number of hydrogen-bond donors (Lipinski definition) is 2. The van der Waals surface area contributed by atoms with E-state index in [9.17, 15) is 14.7 Å². The van der Waals surface area contributed by atoms with Crippen molar-refractivity contribution in [3.63, 3.8) is 0 Å². The molecule has 4 rings (SSSR count). The van der Waals surface area contributed by atoms with Crippen molar-refractivity contribution in [1.29, 1.82) is 0 Å². The van der Waals surface area contributed by atoms with E-state index in [1.807, 2.05) is 36.5 Å². The van der Waals surface area contributed by atoms with Crippen molar-refractivity contribution in [1.82, 2.24) is 24.5 Å². The molecule has 0 radical (unpaired) electrons. The maximum atomic E-state index is 12.2. The molecule has 1 saturated heterocycles. The van der Waals surface area contributed by atoms with Gasteiger partial charge in [-0.05, 0) is 12.5 Å². The highest BCUT2D eigenvalue weighted by Gasteiger charge is 2.38. The van der Waals surface area contributed by atoms with Gasteiger partial charge in [0.15, 0.2) is 0 Å². The molecule has 3 aromatic rings. The molecule has 9 heteroatoms. The van der Waals surface area contributed by atoms with Gasteiger partial charge in [-0.3, -0.25) is 14.3 Å². The first kappa shape index (κ1) is 18.3. The summed E-state index contributed by atoms with van der Waals surface area (Å²) in [5, 5.41) is 18.2. The zero-order valence-electron chi connectivity index (χ0n) is 15.4. The van der Waals surface area contributed by atoms with E-state index in [1.54, 1.807) is 11.6 Å². The van der Waals surface area contributed by atoms with Gasteiger partial charge in [-0.25, -0.2) is 9.48 Å². The third-order valence-corrected chi connectivity index (χ3v) is 4.97. The number of aliphatic hydroxyl groups excluding tert-OH is 1. The number of rotatable bonds is 5. The molecule has 1 fully saturated rings. The van der Waals surface area contributed by atoms with E-state index in [0.717, 1.165) is 11.3 Å². The van der Waals surface area contributed by atoms with Gasteiger partial charge in [0.2, 0.25) is 0 Å². The van der Waals surface area contributed by atoms with Crippen LogP contribution in [-0.2, 0) is 11.2 Å². The Bertz CT molecular complexity index is 1070. The largest absolute Gasteiger partial charge is 0.394 e. The lowest BCUT2D eigenvalue weighted by atomic mass is 10.1. The molecule has 0 saturated carbocycles. The summed E-state index contributed by atoms with van der Waals surface area (Å²) in [5.74, 6) is 0. The molecule has 3 atom stereocenters. The highest BCUT2D eigenvalue weighted by atomic mass is 16.5. The van der Waals surface area contributed by atoms with E-state index < -0.39 is 23.6 Å². The van der Waals surface area contributed by atoms with Gasteiger partial charge < -0.3 is 9.84 Å². The molecular weight excluding hydrogens is 362 g/mol. The van der Waals surface area contributed by atoms with Crippen LogP contribution in [0.4, 0.5) is 0 Å². The monoisotopic (exact) mass is 383 g/mol. The second kappa shape index (κ2) is 7.53. The normalized spacial score (nSPS) is 21.9. The molecule has 28 heavy (non-hydrogen) atoms. The minimum absolute atomic E-state index is 0.216. The van der Waals surface area contributed by atoms with Gasteiger partial charge in [-0.1, -0.05) is 35.5 Å². The summed E-state index contributed by atoms with van der Waals surface area (Å²) < 4.78 is 8.90. The lowest BCUT2D eigenvalue weighted by Gasteiger charge is -2.15. The van der Waals surface area contributed by atoms with Crippen LogP contribution in [0, 0.1) is 6.92 Å². The van der Waals surface area contributed by atoms with Crippen LogP contribution in [0.25, 0.3) is 0 Å². The van der Waals surface area contributed by atoms with Gasteiger partial charge in [0.25, 0.3) is 5.56 Å². The predicted octanol–water partition coefficient (Wildman–Crippen LogP) is 0.548. The highest BCUT2D eigenvalue weighted by Crippen LogP contribution is 2.35. The van der Waals surface area contributed by atoms with Crippen molar-refractivity contribution < 1.29 is 9.84 Å². The smallest absolute Gasteiger partial charge is 0.330 e. The first-order chi connectivity index (χ1) is 13.5. The fraction of sp³-hybridized carbons (Fsp3) is 0.368. The Labute approximate surface area is 160 Å². The maximum Gasteiger partial charge on any atom is 0.330 e. The van der Waals surface area contributed by atoms with Crippen LogP contribution in [0.5, 0.6) is 0 Å². The molecule has 0 aliphatic carbocycles. The summed E-state index contributed by atoms with van der Waals surface area (Å²) in [6.45, 7) is 1.41. The number of aryl methyl sites for hydroxylation is 1. The number of nitrogens with one attached hydrogen (secondary N) is 1. The van der Waals surface area contributed by atoms with Crippen molar-refractivity contribution in [2.24, 2.45) is 0 Å². The second-order valence-electron chi connectivity index (χ2n) is 6.95. The summed E-state index contributed by atoms with van der Waals surface area (Å²) in [7, 11) is 0. The molecule has 2 aromatic heterocycles. The van der Waals surface area contributed by atoms with E-state index in [-0.39, 0.29) is 12.6 Å². The summed E-state index contributed by atoms with van der Waals surface area (Å²) in [6, 6.07) is 9.68. The van der Waals surface area contributed by atoms with Crippen LogP contribution in [0.15, 0.2) is 52.3 Å². The maximum absolute atomic E-state index is 12.2. The van der Waals surface area contributed by atoms with Crippen molar-refractivity contribution in [2.45, 2.75) is 38.1 Å². The minimum atomic E-state index is -0.605. The van der Waals surface area contributed by atoms with Crippen LogP contribution in [-0.4, -0.2) is 42.4 Å². The first-order valence-corrected chi connectivity index (χ1v) is 9.08. The average molecular weight is 383 g/mol. The van der Waals surface area contributed by atoms with E-state index in [1.165, 1.54) is 10.8 Å². The van der Waals surface area contributed by atoms with E-state index >= 15 is 0 Å². The third kappa shape index (κ3) is 3.54. The zero-order chi connectivity index (χ0) is 19.7. The van der Waals surface area contributed by atoms with Crippen molar-refractivity contribution >= 4 is 0 Å². The molecule has 1 aromatic carbocycles. The SMILES string of the molecule is Cc1cn([C@H]2C[C@H](n3cc(Cc4ccccc4)nn3)C(CO)O2)c(=O)[nH]c1=O. The van der Waals surface area contributed by atoms with Gasteiger partial charge in [0, 0.05) is 30.8 Å². The number of hydrogen-bond acceptors (Lipinski definition) is 6. The van der Waals surface area contributed by atoms with Gasteiger partial charge >= 0.3 is 5.69 Å². The molecule has 3 heterocycles. The number of H-pyrrole nitrogens is 1. The van der Waals surface area contributed by atoms with Gasteiger partial charge in [0.1, 0.15) is 12.3 Å². The number of ether oxygens (including phenoxy) is 1. The summed E-state index contributed by atoms with van der Waals surface area (Å²) in [6.07, 6.45) is 3.25. The average Bonchev–Trinajstić information content (AvgIpc) is 3.32. The van der Waals surface area contributed by atoms with Crippen LogP contribution in [0.3, 0.4) is 0 Å². The summed E-state index contributed by atoms with van der Waals surface area (Å²) in [4.78, 5) is 26.0. The summed E-state index contributed by atoms with van der Waals surface area (Å²) >= 11 is 0. The van der Waals surface area contributed by atoms with Crippen LogP contribution < -0.4 is 11.2 Å². The fourth-order valence-electron chi connectivity index (χ4n) is 3.49. The van der Waals surface area contributed by atoms with Crippen LogP contribution in [0.2, 0.25) is 0 Å². The van der Waals surface area contributed by atoms with Crippen molar-refractivity contribution in [3.05, 3.63) is 80.4 Å². The Morgan fingerprint density at radius 2 is 2.04 bits per heavy atom. The Morgan fingerprint density at radius 3 is 2.79 bits per heavy atom. The topological polar surface area (TPSA) is 115 Å². The number of aromatic amines is 1. The van der Waals surface area contributed by atoms with Crippen LogP contribution >= 0.6 is 0 Å². The number of aliphatic hydroxyl groups is 1. The molecule has 146 valence electrons. The number of nitrogens with zero attached hydrogens (tertiary/aromatic N) is 4. The van der Waals surface area contributed by atoms with Gasteiger partial charge in [0.05, 0.1) is 18.3 Å². The van der Waals surface area contributed by atoms with E-state index in [0.29, 0.717) is 18.4 Å². The quantitative estimate of drug-likeness (QED) is 0.665. The molecule has 1 aliphatic rings. The first-order valence-electron chi connectivity index (χ1n) is 9.08. The standard InChI is InChI=1S/C19H21N5O4/c1-12-9-23(19(27)20-18(12)26)17-8-15(16(11-25)28-17)24-10-14(21-22-24)7-13-5-3-2-4-6-13/h2-6,9-10,15-17,25H,7-8,11H2,1H3,(H,20,26,27)/t15-,16?,17+/m0/s1. The lowest BCUT2D eigenvalue weighted by molar-refractivity contribution is -0.0323. The molecule has 0 bridgehead atoms. The predicted molar refractivity (Wildman–Crippen MR) is 100.0 cm³/mol. The second-order valence-corrected chi connectivity index (χ2v) is 6.95. The fourth-order valence-corrected chi connectivity index (χ4v) is 3.49. The lowest BCUT2D eigenvalue weighted by Crippen LogP contribution is -2.33. The molecule has 0 spiro atoms. The van der Waals surface area contributed by atoms with Crippen molar-refractivity contribution in [3.8, 4) is 0 Å². The Balaban J connectivity index is 1.56.